The van der Waals surface area contributed by atoms with Crippen LogP contribution in [-0.4, -0.2) is 9.97 Å². The highest BCUT2D eigenvalue weighted by atomic mass is 32.1. The molecule has 13 heavy (non-hydrogen) atoms. The third kappa shape index (κ3) is 1.84. The molecule has 4 heteroatoms. The van der Waals surface area contributed by atoms with Gasteiger partial charge in [-0.25, -0.2) is 4.98 Å². The molecule has 0 radical (unpaired) electrons. The number of nitrogens with one attached hydrogen (secondary N) is 1. The molecule has 0 fully saturated rings. The van der Waals surface area contributed by atoms with Gasteiger partial charge in [-0.2, -0.15) is 11.3 Å². The number of nitrogens with zero attached hydrogens (tertiary/aromatic N) is 1. The van der Waals surface area contributed by atoms with Gasteiger partial charge in [0.15, 0.2) is 0 Å². The summed E-state index contributed by atoms with van der Waals surface area (Å²) >= 11 is 6.70. The largest absolute Gasteiger partial charge is 0.343 e. The van der Waals surface area contributed by atoms with Crippen LogP contribution in [0.2, 0.25) is 0 Å². The van der Waals surface area contributed by atoms with Gasteiger partial charge in [0.25, 0.3) is 0 Å². The molecular weight excluding hydrogens is 200 g/mol. The molecule has 0 atom stereocenters. The van der Waals surface area contributed by atoms with Crippen LogP contribution in [0.4, 0.5) is 0 Å². The van der Waals surface area contributed by atoms with E-state index in [-0.39, 0.29) is 0 Å². The summed E-state index contributed by atoms with van der Waals surface area (Å²) in [4.78, 5) is 7.29. The van der Waals surface area contributed by atoms with Crippen LogP contribution in [0, 0.1) is 11.6 Å². The van der Waals surface area contributed by atoms with E-state index in [0.29, 0.717) is 4.64 Å². The van der Waals surface area contributed by atoms with Crippen LogP contribution in [0.3, 0.4) is 0 Å². The normalized spacial score (nSPS) is 10.2. The maximum absolute atomic E-state index is 5.03. The summed E-state index contributed by atoms with van der Waals surface area (Å²) < 4.78 is 0.637. The standard InChI is InChI=1S/C9H8N2S2/c1-6-10-8(4-9(12)11-6)7-2-3-13-5-7/h2-5H,1H3,(H,10,11,12). The van der Waals surface area contributed by atoms with Crippen LogP contribution < -0.4 is 0 Å². The molecule has 1 N–H and O–H groups in total. The molecule has 2 rings (SSSR count). The zero-order valence-corrected chi connectivity index (χ0v) is 8.71. The summed E-state index contributed by atoms with van der Waals surface area (Å²) in [5.74, 6) is 0.855. The Morgan fingerprint density at radius 3 is 3.00 bits per heavy atom. The molecule has 0 amide bonds. The van der Waals surface area contributed by atoms with Crippen molar-refractivity contribution < 1.29 is 0 Å². The third-order valence-electron chi connectivity index (χ3n) is 1.69. The monoisotopic (exact) mass is 208 g/mol. The van der Waals surface area contributed by atoms with Crippen LogP contribution in [0.1, 0.15) is 5.82 Å². The molecule has 2 aromatic heterocycles. The number of aryl methyl sites for hydroxylation is 1. The first kappa shape index (κ1) is 8.59. The van der Waals surface area contributed by atoms with Crippen LogP contribution in [0.5, 0.6) is 0 Å². The molecule has 0 unspecified atom stereocenters. The molecule has 0 aliphatic heterocycles. The number of aromatic nitrogens is 2. The minimum atomic E-state index is 0.637. The number of thiophene rings is 1. The Labute approximate surface area is 85.3 Å². The lowest BCUT2D eigenvalue weighted by atomic mass is 10.2. The van der Waals surface area contributed by atoms with Gasteiger partial charge in [-0.3, -0.25) is 0 Å². The van der Waals surface area contributed by atoms with E-state index in [1.54, 1.807) is 11.3 Å². The van der Waals surface area contributed by atoms with Crippen molar-refractivity contribution in [1.82, 2.24) is 9.97 Å². The van der Waals surface area contributed by atoms with Gasteiger partial charge < -0.3 is 4.98 Å². The average molecular weight is 208 g/mol. The second-order valence-corrected chi connectivity index (χ2v) is 3.93. The topological polar surface area (TPSA) is 28.7 Å². The third-order valence-corrected chi connectivity index (χ3v) is 2.59. The van der Waals surface area contributed by atoms with Gasteiger partial charge in [0.05, 0.1) is 5.69 Å². The first-order valence-corrected chi connectivity index (χ1v) is 5.21. The molecule has 0 aliphatic carbocycles. The first-order valence-electron chi connectivity index (χ1n) is 3.86. The lowest BCUT2D eigenvalue weighted by molar-refractivity contribution is 1.05. The quantitative estimate of drug-likeness (QED) is 0.729. The summed E-state index contributed by atoms with van der Waals surface area (Å²) in [7, 11) is 0. The van der Waals surface area contributed by atoms with Gasteiger partial charge in [0.2, 0.25) is 0 Å². The lowest BCUT2D eigenvalue weighted by Crippen LogP contribution is -1.89. The van der Waals surface area contributed by atoms with Crippen molar-refractivity contribution in [3.05, 3.63) is 33.4 Å². The highest BCUT2D eigenvalue weighted by Crippen LogP contribution is 2.19. The zero-order chi connectivity index (χ0) is 9.26. The van der Waals surface area contributed by atoms with Gasteiger partial charge in [-0.15, -0.1) is 0 Å². The Morgan fingerprint density at radius 1 is 1.54 bits per heavy atom. The summed E-state index contributed by atoms with van der Waals surface area (Å²) in [6.07, 6.45) is 0. The fourth-order valence-electron chi connectivity index (χ4n) is 1.15. The van der Waals surface area contributed by atoms with E-state index in [0.717, 1.165) is 11.5 Å². The fraction of sp³-hybridized carbons (Fsp3) is 0.111. The summed E-state index contributed by atoms with van der Waals surface area (Å²) in [6.45, 7) is 1.91. The van der Waals surface area contributed by atoms with Gasteiger partial charge in [-0.05, 0) is 24.4 Å². The molecule has 0 bridgehead atoms. The van der Waals surface area contributed by atoms with Gasteiger partial charge in [0, 0.05) is 10.9 Å². The minimum absolute atomic E-state index is 0.637. The number of aromatic amines is 1. The Hall–Kier alpha value is -1.00. The first-order chi connectivity index (χ1) is 6.25. The summed E-state index contributed by atoms with van der Waals surface area (Å²) in [5.41, 5.74) is 2.21. The predicted octanol–water partition coefficient (Wildman–Crippen LogP) is 3.18. The molecule has 2 nitrogen and oxygen atoms in total. The molecule has 0 saturated carbocycles. The molecule has 66 valence electrons. The van der Waals surface area contributed by atoms with Crippen LogP contribution in [-0.2, 0) is 0 Å². The second kappa shape index (κ2) is 3.40. The lowest BCUT2D eigenvalue weighted by Gasteiger charge is -1.99. The molecule has 0 aliphatic rings. The van der Waals surface area contributed by atoms with Crippen molar-refractivity contribution in [3.8, 4) is 11.3 Å². The second-order valence-electron chi connectivity index (χ2n) is 2.73. The van der Waals surface area contributed by atoms with E-state index in [1.807, 2.05) is 18.4 Å². The van der Waals surface area contributed by atoms with E-state index in [9.17, 15) is 0 Å². The average Bonchev–Trinajstić information content (AvgIpc) is 2.53. The molecule has 2 heterocycles. The van der Waals surface area contributed by atoms with Crippen molar-refractivity contribution in [3.63, 3.8) is 0 Å². The van der Waals surface area contributed by atoms with Crippen LogP contribution >= 0.6 is 23.6 Å². The zero-order valence-electron chi connectivity index (χ0n) is 7.07. The fourth-order valence-corrected chi connectivity index (χ4v) is 2.06. The minimum Gasteiger partial charge on any atom is -0.343 e. The highest BCUT2D eigenvalue weighted by Gasteiger charge is 1.98. The SMILES string of the molecule is Cc1nc(=S)cc(-c2ccsc2)[nH]1. The maximum Gasteiger partial charge on any atom is 0.130 e. The molecule has 0 aromatic carbocycles. The van der Waals surface area contributed by atoms with Crippen molar-refractivity contribution in [2.45, 2.75) is 6.92 Å². The van der Waals surface area contributed by atoms with E-state index < -0.39 is 0 Å². The van der Waals surface area contributed by atoms with E-state index in [4.69, 9.17) is 12.2 Å². The number of rotatable bonds is 1. The Bertz CT molecular complexity index is 457. The van der Waals surface area contributed by atoms with Crippen molar-refractivity contribution in [2.75, 3.05) is 0 Å². The molecular formula is C9H8N2S2. The number of H-pyrrole nitrogens is 1. The van der Waals surface area contributed by atoms with Gasteiger partial charge in [0.1, 0.15) is 10.5 Å². The predicted molar refractivity (Wildman–Crippen MR) is 57.5 cm³/mol. The summed E-state index contributed by atoms with van der Waals surface area (Å²) in [6, 6.07) is 3.94. The van der Waals surface area contributed by atoms with Crippen LogP contribution in [0.25, 0.3) is 11.3 Å². The van der Waals surface area contributed by atoms with Crippen LogP contribution in [0.15, 0.2) is 22.9 Å². The molecule has 0 spiro atoms. The molecule has 0 saturated heterocycles. The van der Waals surface area contributed by atoms with E-state index in [2.05, 4.69) is 21.4 Å². The Balaban J connectivity index is 2.59. The Kier molecular flexibility index (Phi) is 2.24. The molecule has 2 aromatic rings. The maximum atomic E-state index is 5.03. The highest BCUT2D eigenvalue weighted by molar-refractivity contribution is 7.71. The van der Waals surface area contributed by atoms with Crippen molar-refractivity contribution in [2.24, 2.45) is 0 Å². The number of hydrogen-bond donors (Lipinski definition) is 1. The summed E-state index contributed by atoms with van der Waals surface area (Å²) in [5, 5.41) is 4.13. The van der Waals surface area contributed by atoms with Crippen molar-refractivity contribution in [1.29, 1.82) is 0 Å². The smallest absolute Gasteiger partial charge is 0.130 e. The van der Waals surface area contributed by atoms with E-state index >= 15 is 0 Å². The van der Waals surface area contributed by atoms with Crippen molar-refractivity contribution >= 4 is 23.6 Å². The van der Waals surface area contributed by atoms with Gasteiger partial charge in [-0.1, -0.05) is 12.2 Å². The Morgan fingerprint density at radius 2 is 2.38 bits per heavy atom. The van der Waals surface area contributed by atoms with Gasteiger partial charge >= 0.3 is 0 Å². The number of hydrogen-bond acceptors (Lipinski definition) is 3. The van der Waals surface area contributed by atoms with E-state index in [1.165, 1.54) is 5.56 Å².